The number of halogens is 3. The fraction of sp³-hybridized carbons (Fsp3) is 0.889. The van der Waals surface area contributed by atoms with Crippen LogP contribution >= 0.6 is 0 Å². The highest BCUT2D eigenvalue weighted by Gasteiger charge is 2.36. The standard InChI is InChI=1S/C9H16F3NO5S/c1-2-18-5-3-4-13(7-9(10,11)12)19(16,17)6-8(14)15/h2-7H2,1H3,(H,14,15). The van der Waals surface area contributed by atoms with E-state index in [4.69, 9.17) is 9.84 Å². The zero-order valence-electron chi connectivity index (χ0n) is 10.3. The molecule has 0 atom stereocenters. The van der Waals surface area contributed by atoms with E-state index in [1.54, 1.807) is 6.92 Å². The van der Waals surface area contributed by atoms with Crippen molar-refractivity contribution in [1.29, 1.82) is 0 Å². The minimum absolute atomic E-state index is 0.0583. The Labute approximate surface area is 109 Å². The normalized spacial score (nSPS) is 12.9. The van der Waals surface area contributed by atoms with E-state index in [1.807, 2.05) is 0 Å². The zero-order valence-corrected chi connectivity index (χ0v) is 11.1. The van der Waals surface area contributed by atoms with Gasteiger partial charge in [0.05, 0.1) is 0 Å². The van der Waals surface area contributed by atoms with E-state index in [0.29, 0.717) is 6.61 Å². The SMILES string of the molecule is CCOCCCN(CC(F)(F)F)S(=O)(=O)CC(=O)O. The van der Waals surface area contributed by atoms with Crippen molar-refractivity contribution in [1.82, 2.24) is 4.31 Å². The number of ether oxygens (including phenoxy) is 1. The molecule has 114 valence electrons. The van der Waals surface area contributed by atoms with E-state index in [1.165, 1.54) is 0 Å². The first-order chi connectivity index (χ1) is 8.58. The highest BCUT2D eigenvalue weighted by Crippen LogP contribution is 2.19. The Morgan fingerprint density at radius 3 is 2.37 bits per heavy atom. The number of aliphatic carboxylic acids is 1. The number of carbonyl (C=O) groups is 1. The van der Waals surface area contributed by atoms with Gasteiger partial charge in [0.15, 0.2) is 5.75 Å². The van der Waals surface area contributed by atoms with E-state index in [0.717, 1.165) is 0 Å². The summed E-state index contributed by atoms with van der Waals surface area (Å²) < 4.78 is 64.8. The summed E-state index contributed by atoms with van der Waals surface area (Å²) in [6.07, 6.45) is -4.67. The van der Waals surface area contributed by atoms with Crippen LogP contribution in [0.3, 0.4) is 0 Å². The number of carboxylic acids is 1. The molecule has 0 fully saturated rings. The Morgan fingerprint density at radius 1 is 1.37 bits per heavy atom. The van der Waals surface area contributed by atoms with Gasteiger partial charge < -0.3 is 9.84 Å². The van der Waals surface area contributed by atoms with Crippen LogP contribution in [0.2, 0.25) is 0 Å². The molecule has 19 heavy (non-hydrogen) atoms. The Hall–Kier alpha value is -0.870. The average molecular weight is 307 g/mol. The lowest BCUT2D eigenvalue weighted by atomic mass is 10.4. The maximum atomic E-state index is 12.3. The van der Waals surface area contributed by atoms with Crippen LogP contribution in [0.25, 0.3) is 0 Å². The molecule has 0 aromatic heterocycles. The molecule has 0 spiro atoms. The van der Waals surface area contributed by atoms with Gasteiger partial charge in [-0.2, -0.15) is 17.5 Å². The molecule has 0 aliphatic carbocycles. The predicted octanol–water partition coefficient (Wildman–Crippen LogP) is 0.692. The summed E-state index contributed by atoms with van der Waals surface area (Å²) in [5, 5.41) is 8.39. The van der Waals surface area contributed by atoms with E-state index in [9.17, 15) is 26.4 Å². The van der Waals surface area contributed by atoms with Crippen molar-refractivity contribution < 1.29 is 36.2 Å². The first-order valence-corrected chi connectivity index (χ1v) is 7.03. The number of sulfonamides is 1. The zero-order chi connectivity index (χ0) is 15.1. The van der Waals surface area contributed by atoms with Gasteiger partial charge in [-0.15, -0.1) is 0 Å². The van der Waals surface area contributed by atoms with Gasteiger partial charge in [0, 0.05) is 19.8 Å². The van der Waals surface area contributed by atoms with Gasteiger partial charge in [-0.25, -0.2) is 8.42 Å². The third-order valence-electron chi connectivity index (χ3n) is 1.96. The fourth-order valence-corrected chi connectivity index (χ4v) is 2.50. The van der Waals surface area contributed by atoms with Crippen LogP contribution in [0.5, 0.6) is 0 Å². The van der Waals surface area contributed by atoms with Crippen molar-refractivity contribution in [2.75, 3.05) is 32.1 Å². The minimum atomic E-state index is -4.73. The van der Waals surface area contributed by atoms with Gasteiger partial charge >= 0.3 is 12.1 Å². The predicted molar refractivity (Wildman–Crippen MR) is 60.2 cm³/mol. The van der Waals surface area contributed by atoms with Crippen LogP contribution in [-0.2, 0) is 19.6 Å². The molecule has 1 N–H and O–H groups in total. The lowest BCUT2D eigenvalue weighted by Crippen LogP contribution is -2.42. The quantitative estimate of drug-likeness (QED) is 0.634. The van der Waals surface area contributed by atoms with E-state index < -0.39 is 41.0 Å². The minimum Gasteiger partial charge on any atom is -0.480 e. The molecular weight excluding hydrogens is 291 g/mol. The van der Waals surface area contributed by atoms with Gasteiger partial charge in [-0.05, 0) is 13.3 Å². The van der Waals surface area contributed by atoms with Crippen LogP contribution in [0.4, 0.5) is 13.2 Å². The van der Waals surface area contributed by atoms with Crippen LogP contribution < -0.4 is 0 Å². The first kappa shape index (κ1) is 18.1. The lowest BCUT2D eigenvalue weighted by molar-refractivity contribution is -0.138. The van der Waals surface area contributed by atoms with Gasteiger partial charge in [0.1, 0.15) is 6.54 Å². The number of hydrogen-bond acceptors (Lipinski definition) is 4. The van der Waals surface area contributed by atoms with Crippen LogP contribution in [0.15, 0.2) is 0 Å². The molecule has 0 aliphatic rings. The highest BCUT2D eigenvalue weighted by molar-refractivity contribution is 7.89. The molecule has 0 saturated carbocycles. The third-order valence-corrected chi connectivity index (χ3v) is 3.67. The topological polar surface area (TPSA) is 83.9 Å². The number of alkyl halides is 3. The third kappa shape index (κ3) is 8.78. The van der Waals surface area contributed by atoms with Crippen LogP contribution in [0.1, 0.15) is 13.3 Å². The van der Waals surface area contributed by atoms with Gasteiger partial charge in [-0.1, -0.05) is 0 Å². The molecule has 0 rings (SSSR count). The van der Waals surface area contributed by atoms with Crippen molar-refractivity contribution in [2.45, 2.75) is 19.5 Å². The van der Waals surface area contributed by atoms with E-state index in [-0.39, 0.29) is 17.3 Å². The maximum absolute atomic E-state index is 12.3. The first-order valence-electron chi connectivity index (χ1n) is 5.42. The molecule has 0 aromatic rings. The van der Waals surface area contributed by atoms with Gasteiger partial charge in [0.2, 0.25) is 10.0 Å². The summed E-state index contributed by atoms with van der Waals surface area (Å²) >= 11 is 0. The number of rotatable bonds is 9. The Kier molecular flexibility index (Phi) is 7.30. The molecule has 0 aliphatic heterocycles. The maximum Gasteiger partial charge on any atom is 0.402 e. The molecule has 0 bridgehead atoms. The van der Waals surface area contributed by atoms with Crippen LogP contribution in [0, 0.1) is 0 Å². The molecule has 0 aromatic carbocycles. The second-order valence-electron chi connectivity index (χ2n) is 3.65. The molecule has 0 unspecified atom stereocenters. The number of nitrogens with zero attached hydrogens (tertiary/aromatic N) is 1. The highest BCUT2D eigenvalue weighted by atomic mass is 32.2. The molecule has 0 radical (unpaired) electrons. The Bertz CT molecular complexity index is 382. The van der Waals surface area contributed by atoms with Gasteiger partial charge in [0.25, 0.3) is 0 Å². The Balaban J connectivity index is 4.71. The van der Waals surface area contributed by atoms with E-state index in [2.05, 4.69) is 0 Å². The summed E-state index contributed by atoms with van der Waals surface area (Å²) in [7, 11) is -4.48. The smallest absolute Gasteiger partial charge is 0.402 e. The molecule has 0 heterocycles. The van der Waals surface area contributed by atoms with Crippen molar-refractivity contribution in [2.24, 2.45) is 0 Å². The Morgan fingerprint density at radius 2 is 1.95 bits per heavy atom. The molecule has 6 nitrogen and oxygen atoms in total. The lowest BCUT2D eigenvalue weighted by Gasteiger charge is -2.22. The van der Waals surface area contributed by atoms with Crippen molar-refractivity contribution in [3.8, 4) is 0 Å². The van der Waals surface area contributed by atoms with Crippen LogP contribution in [-0.4, -0.2) is 62.0 Å². The van der Waals surface area contributed by atoms with Crippen molar-refractivity contribution in [3.05, 3.63) is 0 Å². The average Bonchev–Trinajstić information content (AvgIpc) is 2.19. The number of hydrogen-bond donors (Lipinski definition) is 1. The number of carboxylic acid groups (broad SMARTS) is 1. The second-order valence-corrected chi connectivity index (χ2v) is 5.62. The molecule has 0 amide bonds. The van der Waals surface area contributed by atoms with E-state index >= 15 is 0 Å². The van der Waals surface area contributed by atoms with Crippen molar-refractivity contribution in [3.63, 3.8) is 0 Å². The monoisotopic (exact) mass is 307 g/mol. The molecule has 10 heteroatoms. The summed E-state index contributed by atoms with van der Waals surface area (Å²) in [5.41, 5.74) is 0. The summed E-state index contributed by atoms with van der Waals surface area (Å²) in [4.78, 5) is 10.3. The molecular formula is C9H16F3NO5S. The second kappa shape index (κ2) is 7.65. The largest absolute Gasteiger partial charge is 0.480 e. The molecule has 0 saturated heterocycles. The van der Waals surface area contributed by atoms with Gasteiger partial charge in [-0.3, -0.25) is 4.79 Å². The van der Waals surface area contributed by atoms with Crippen molar-refractivity contribution >= 4 is 16.0 Å². The summed E-state index contributed by atoms with van der Waals surface area (Å²) in [6, 6.07) is 0. The summed E-state index contributed by atoms with van der Waals surface area (Å²) in [6.45, 7) is 0.0209. The summed E-state index contributed by atoms with van der Waals surface area (Å²) in [5.74, 6) is -3.06. The fourth-order valence-electron chi connectivity index (χ4n) is 1.25.